The average Bonchev–Trinajstić information content (AvgIpc) is 3.32. The van der Waals surface area contributed by atoms with Crippen LogP contribution in [-0.4, -0.2) is 33.0 Å². The zero-order valence-electron chi connectivity index (χ0n) is 15.1. The van der Waals surface area contributed by atoms with Gasteiger partial charge in [0.2, 0.25) is 0 Å². The van der Waals surface area contributed by atoms with Crippen molar-refractivity contribution < 1.29 is 26.0 Å². The molecule has 0 bridgehead atoms. The van der Waals surface area contributed by atoms with E-state index in [1.54, 1.807) is 0 Å². The van der Waals surface area contributed by atoms with Crippen LogP contribution in [-0.2, 0) is 23.2 Å². The lowest BCUT2D eigenvalue weighted by Crippen LogP contribution is -2.13. The molecule has 0 amide bonds. The second-order valence-corrected chi connectivity index (χ2v) is 7.93. The first-order chi connectivity index (χ1) is 14.1. The Hall–Kier alpha value is -3.48. The zero-order chi connectivity index (χ0) is 21.7. The van der Waals surface area contributed by atoms with Gasteiger partial charge in [0.25, 0.3) is 10.0 Å². The van der Waals surface area contributed by atoms with E-state index in [-0.39, 0.29) is 27.3 Å². The molecule has 0 atom stereocenters. The third-order valence-electron chi connectivity index (χ3n) is 4.27. The van der Waals surface area contributed by atoms with Crippen molar-refractivity contribution in [2.75, 3.05) is 4.72 Å². The first-order valence-corrected chi connectivity index (χ1v) is 9.76. The minimum Gasteiger partial charge on any atom is -0.277 e. The Kier molecular flexibility index (Phi) is 4.49. The quantitative estimate of drug-likeness (QED) is 0.492. The van der Waals surface area contributed by atoms with Crippen LogP contribution in [0.2, 0.25) is 0 Å². The Morgan fingerprint density at radius 3 is 2.60 bits per heavy atom. The van der Waals surface area contributed by atoms with Gasteiger partial charge in [-0.05, 0) is 24.3 Å². The van der Waals surface area contributed by atoms with Gasteiger partial charge in [-0.2, -0.15) is 23.4 Å². The van der Waals surface area contributed by atoms with E-state index < -0.39 is 27.6 Å². The van der Waals surface area contributed by atoms with Gasteiger partial charge in [-0.15, -0.1) is 0 Å². The molecule has 13 heteroatoms. The number of rotatable bonds is 4. The van der Waals surface area contributed by atoms with E-state index in [0.717, 1.165) is 41.5 Å². The minimum absolute atomic E-state index is 0.0799. The van der Waals surface area contributed by atoms with Crippen LogP contribution >= 0.6 is 0 Å². The highest BCUT2D eigenvalue weighted by Gasteiger charge is 2.31. The third kappa shape index (κ3) is 3.47. The monoisotopic (exact) mass is 440 g/mol. The van der Waals surface area contributed by atoms with E-state index >= 15 is 0 Å². The summed E-state index contributed by atoms with van der Waals surface area (Å²) in [6.45, 7) is 0. The number of pyridine rings is 1. The smallest absolute Gasteiger partial charge is 0.277 e. The summed E-state index contributed by atoms with van der Waals surface area (Å²) in [5, 5.41) is 7.84. The molecule has 1 aromatic carbocycles. The number of aryl methyl sites for hydroxylation is 1. The van der Waals surface area contributed by atoms with Crippen LogP contribution in [0.5, 0.6) is 0 Å². The standard InChI is InChI=1S/C17H12F4N6O2S/c1-26-16-12(8-23-26)13(18)2-3-14(16)25-30(28,29)11-7-24-27(9-11)15-6-10(4-5-22-15)17(19,20)21/h2-9,25H,1H3. The summed E-state index contributed by atoms with van der Waals surface area (Å²) >= 11 is 0. The molecule has 0 saturated carbocycles. The molecule has 0 saturated heterocycles. The van der Waals surface area contributed by atoms with Crippen molar-refractivity contribution in [3.05, 3.63) is 60.4 Å². The number of hydrogen-bond acceptors (Lipinski definition) is 5. The highest BCUT2D eigenvalue weighted by atomic mass is 32.2. The highest BCUT2D eigenvalue weighted by Crippen LogP contribution is 2.30. The number of nitrogens with one attached hydrogen (secondary N) is 1. The molecule has 156 valence electrons. The molecule has 3 heterocycles. The van der Waals surface area contributed by atoms with Crippen LogP contribution < -0.4 is 4.72 Å². The molecule has 1 N–H and O–H groups in total. The molecule has 3 aromatic heterocycles. The van der Waals surface area contributed by atoms with Gasteiger partial charge >= 0.3 is 6.18 Å². The van der Waals surface area contributed by atoms with E-state index in [4.69, 9.17) is 0 Å². The molecule has 8 nitrogen and oxygen atoms in total. The second kappa shape index (κ2) is 6.79. The molecule has 0 unspecified atom stereocenters. The molecule has 0 aliphatic carbocycles. The summed E-state index contributed by atoms with van der Waals surface area (Å²) in [6.07, 6.45) is -0.384. The number of fused-ring (bicyclic) bond motifs is 1. The molecule has 4 aromatic rings. The van der Waals surface area contributed by atoms with E-state index in [2.05, 4.69) is 19.9 Å². The fourth-order valence-corrected chi connectivity index (χ4v) is 3.83. The lowest BCUT2D eigenvalue weighted by molar-refractivity contribution is -0.137. The van der Waals surface area contributed by atoms with Crippen molar-refractivity contribution >= 4 is 26.6 Å². The van der Waals surface area contributed by atoms with Gasteiger partial charge < -0.3 is 0 Å². The summed E-state index contributed by atoms with van der Waals surface area (Å²) in [6, 6.07) is 3.88. The van der Waals surface area contributed by atoms with Crippen LogP contribution in [0.3, 0.4) is 0 Å². The lowest BCUT2D eigenvalue weighted by Gasteiger charge is -2.09. The fourth-order valence-electron chi connectivity index (χ4n) is 2.83. The lowest BCUT2D eigenvalue weighted by atomic mass is 10.2. The van der Waals surface area contributed by atoms with Crippen molar-refractivity contribution in [2.45, 2.75) is 11.1 Å². The number of halogens is 4. The minimum atomic E-state index is -4.58. The number of alkyl halides is 3. The molecule has 4 rings (SSSR count). The van der Waals surface area contributed by atoms with Crippen LogP contribution in [0.1, 0.15) is 5.56 Å². The molecule has 0 aliphatic heterocycles. The van der Waals surface area contributed by atoms with Crippen molar-refractivity contribution in [1.82, 2.24) is 24.5 Å². The molecule has 0 radical (unpaired) electrons. The fraction of sp³-hybridized carbons (Fsp3) is 0.118. The maximum atomic E-state index is 13.9. The third-order valence-corrected chi connectivity index (χ3v) is 5.59. The number of benzene rings is 1. The van der Waals surface area contributed by atoms with E-state index in [1.165, 1.54) is 24.0 Å². The molecule has 30 heavy (non-hydrogen) atoms. The van der Waals surface area contributed by atoms with Crippen molar-refractivity contribution in [3.8, 4) is 5.82 Å². The van der Waals surface area contributed by atoms with Crippen LogP contribution in [0, 0.1) is 5.82 Å². The van der Waals surface area contributed by atoms with E-state index in [9.17, 15) is 26.0 Å². The normalized spacial score (nSPS) is 12.4. The predicted octanol–water partition coefficient (Wildman–Crippen LogP) is 3.11. The molecule has 0 fully saturated rings. The van der Waals surface area contributed by atoms with Gasteiger partial charge in [0.05, 0.1) is 40.7 Å². The topological polar surface area (TPSA) is 94.7 Å². The number of anilines is 1. The summed E-state index contributed by atoms with van der Waals surface area (Å²) in [4.78, 5) is 3.47. The van der Waals surface area contributed by atoms with Crippen LogP contribution in [0.25, 0.3) is 16.7 Å². The van der Waals surface area contributed by atoms with Gasteiger partial charge in [0, 0.05) is 13.2 Å². The van der Waals surface area contributed by atoms with Crippen molar-refractivity contribution in [1.29, 1.82) is 0 Å². The van der Waals surface area contributed by atoms with Gasteiger partial charge in [0.1, 0.15) is 10.7 Å². The Morgan fingerprint density at radius 1 is 1.10 bits per heavy atom. The first kappa shape index (κ1) is 19.8. The summed E-state index contributed by atoms with van der Waals surface area (Å²) in [7, 11) is -2.66. The van der Waals surface area contributed by atoms with Crippen LogP contribution in [0.4, 0.5) is 23.2 Å². The maximum Gasteiger partial charge on any atom is 0.416 e. The number of aromatic nitrogens is 5. The van der Waals surface area contributed by atoms with Gasteiger partial charge in [-0.1, -0.05) is 0 Å². The van der Waals surface area contributed by atoms with E-state index in [0.29, 0.717) is 0 Å². The second-order valence-electron chi connectivity index (χ2n) is 6.25. The zero-order valence-corrected chi connectivity index (χ0v) is 15.9. The van der Waals surface area contributed by atoms with Crippen molar-refractivity contribution in [2.24, 2.45) is 7.05 Å². The Morgan fingerprint density at radius 2 is 1.87 bits per heavy atom. The molecular weight excluding hydrogens is 428 g/mol. The predicted molar refractivity (Wildman–Crippen MR) is 97.8 cm³/mol. The van der Waals surface area contributed by atoms with Crippen molar-refractivity contribution in [3.63, 3.8) is 0 Å². The highest BCUT2D eigenvalue weighted by molar-refractivity contribution is 7.92. The first-order valence-electron chi connectivity index (χ1n) is 8.27. The largest absolute Gasteiger partial charge is 0.416 e. The average molecular weight is 440 g/mol. The molecular formula is C17H12F4N6O2S. The SMILES string of the molecule is Cn1ncc2c(F)ccc(NS(=O)(=O)c3cnn(-c4cc(C(F)(F)F)ccn4)c3)c21. The maximum absolute atomic E-state index is 13.9. The summed E-state index contributed by atoms with van der Waals surface area (Å²) < 4.78 is 82.6. The van der Waals surface area contributed by atoms with E-state index in [1.807, 2.05) is 0 Å². The molecule has 0 aliphatic rings. The Balaban J connectivity index is 1.69. The Bertz CT molecular complexity index is 1360. The summed E-state index contributed by atoms with van der Waals surface area (Å²) in [5.74, 6) is -0.772. The summed E-state index contributed by atoms with van der Waals surface area (Å²) in [5.41, 5.74) is -0.641. The van der Waals surface area contributed by atoms with Gasteiger partial charge in [-0.3, -0.25) is 9.40 Å². The number of hydrogen-bond donors (Lipinski definition) is 1. The Labute approximate surface area is 166 Å². The number of nitrogens with zero attached hydrogens (tertiary/aromatic N) is 5. The van der Waals surface area contributed by atoms with Crippen LogP contribution in [0.15, 0.2) is 53.9 Å². The number of sulfonamides is 1. The van der Waals surface area contributed by atoms with Gasteiger partial charge in [-0.25, -0.2) is 22.5 Å². The molecule has 0 spiro atoms. The van der Waals surface area contributed by atoms with Gasteiger partial charge in [0.15, 0.2) is 5.82 Å².